The highest BCUT2D eigenvalue weighted by atomic mass is 16.5. The number of amides is 1. The Morgan fingerprint density at radius 2 is 2.39 bits per heavy atom. The fraction of sp³-hybridized carbons (Fsp3) is 0.647. The number of carbonyl (C=O) groups is 1. The number of fused-ring (bicyclic) bond motifs is 1. The summed E-state index contributed by atoms with van der Waals surface area (Å²) in [6.07, 6.45) is 5.91. The average Bonchev–Trinajstić information content (AvgIpc) is 2.90. The van der Waals surface area contributed by atoms with E-state index in [4.69, 9.17) is 4.52 Å². The Hall–Kier alpha value is -1.82. The van der Waals surface area contributed by atoms with Gasteiger partial charge in [-0.1, -0.05) is 12.1 Å². The molecule has 3 heterocycles. The monoisotopic (exact) mass is 315 g/mol. The summed E-state index contributed by atoms with van der Waals surface area (Å²) in [4.78, 5) is 15.2. The third kappa shape index (κ3) is 1.67. The maximum Gasteiger partial charge on any atom is 0.274 e. The van der Waals surface area contributed by atoms with Crippen LogP contribution in [0.5, 0.6) is 0 Å². The summed E-state index contributed by atoms with van der Waals surface area (Å²) in [6, 6.07) is 0.213. The number of nitrogens with zero attached hydrogens (tertiary/aromatic N) is 2. The molecule has 23 heavy (non-hydrogen) atoms. The number of aliphatic hydroxyl groups is 1. The molecule has 3 fully saturated rings. The molecule has 2 N–H and O–H groups in total. The number of allylic oxidation sites excluding steroid dienone is 1. The standard InChI is InChI=1S/C17H21N3O3/c1-9-6-10(21)7-11-14(19-23-15(9)11)16(22)18-13-8-20-5-4-17(20)3-2-12(13)17/h7,9,12-13,21H,2-6,8H2,1H3,(H,18,22)/t9?,12-,13-,17?/m1/s1. The highest BCUT2D eigenvalue weighted by molar-refractivity contribution is 5.96. The summed E-state index contributed by atoms with van der Waals surface area (Å²) in [6.45, 7) is 4.08. The molecule has 1 saturated carbocycles. The van der Waals surface area contributed by atoms with Crippen molar-refractivity contribution < 1.29 is 14.4 Å². The second kappa shape index (κ2) is 4.38. The molecule has 5 rings (SSSR count). The fourth-order valence-corrected chi connectivity index (χ4v) is 5.10. The summed E-state index contributed by atoms with van der Waals surface area (Å²) in [5.41, 5.74) is 1.34. The first kappa shape index (κ1) is 13.6. The second-order valence-corrected chi connectivity index (χ2v) is 7.57. The maximum absolute atomic E-state index is 12.7. The van der Waals surface area contributed by atoms with E-state index in [9.17, 15) is 9.90 Å². The lowest BCUT2D eigenvalue weighted by atomic mass is 9.61. The minimum absolute atomic E-state index is 0.0485. The number of aromatic nitrogens is 1. The molecule has 1 amide bonds. The van der Waals surface area contributed by atoms with E-state index in [1.54, 1.807) is 6.08 Å². The molecular weight excluding hydrogens is 294 g/mol. The summed E-state index contributed by atoms with van der Waals surface area (Å²) < 4.78 is 5.37. The van der Waals surface area contributed by atoms with E-state index in [0.29, 0.717) is 34.9 Å². The molecule has 0 radical (unpaired) electrons. The van der Waals surface area contributed by atoms with Crippen LogP contribution >= 0.6 is 0 Å². The topological polar surface area (TPSA) is 78.6 Å². The lowest BCUT2D eigenvalue weighted by Gasteiger charge is -2.58. The van der Waals surface area contributed by atoms with Gasteiger partial charge in [0, 0.05) is 37.0 Å². The molecule has 2 saturated heterocycles. The van der Waals surface area contributed by atoms with Crippen LogP contribution in [0, 0.1) is 5.92 Å². The van der Waals surface area contributed by atoms with Crippen molar-refractivity contribution in [1.82, 2.24) is 15.4 Å². The molecule has 0 bridgehead atoms. The summed E-state index contributed by atoms with van der Waals surface area (Å²) in [5.74, 6) is 1.44. The van der Waals surface area contributed by atoms with Crippen LogP contribution in [0.25, 0.3) is 6.08 Å². The van der Waals surface area contributed by atoms with Gasteiger partial charge in [0.1, 0.15) is 5.76 Å². The lowest BCUT2D eigenvalue weighted by molar-refractivity contribution is -0.0676. The highest BCUT2D eigenvalue weighted by Crippen LogP contribution is 2.57. The van der Waals surface area contributed by atoms with Gasteiger partial charge in [0.05, 0.1) is 11.3 Å². The van der Waals surface area contributed by atoms with Crippen LogP contribution in [-0.4, -0.2) is 45.7 Å². The third-order valence-corrected chi connectivity index (χ3v) is 6.49. The molecule has 6 nitrogen and oxygen atoms in total. The third-order valence-electron chi connectivity index (χ3n) is 6.49. The van der Waals surface area contributed by atoms with E-state index in [-0.39, 0.29) is 23.6 Å². The van der Waals surface area contributed by atoms with Crippen molar-refractivity contribution >= 4 is 12.0 Å². The van der Waals surface area contributed by atoms with Crippen LogP contribution in [0.1, 0.15) is 60.3 Å². The van der Waals surface area contributed by atoms with Gasteiger partial charge in [0.15, 0.2) is 5.69 Å². The van der Waals surface area contributed by atoms with Gasteiger partial charge in [-0.05, 0) is 31.3 Å². The molecule has 1 aromatic rings. The molecule has 6 heteroatoms. The first-order chi connectivity index (χ1) is 11.1. The summed E-state index contributed by atoms with van der Waals surface area (Å²) >= 11 is 0. The van der Waals surface area contributed by atoms with Crippen LogP contribution in [0.2, 0.25) is 0 Å². The van der Waals surface area contributed by atoms with Gasteiger partial charge in [0.25, 0.3) is 5.91 Å². The molecule has 4 atom stereocenters. The van der Waals surface area contributed by atoms with Crippen molar-refractivity contribution in [3.8, 4) is 0 Å². The van der Waals surface area contributed by atoms with Crippen LogP contribution < -0.4 is 5.32 Å². The number of hydrogen-bond donors (Lipinski definition) is 2. The van der Waals surface area contributed by atoms with Crippen molar-refractivity contribution in [1.29, 1.82) is 0 Å². The Balaban J connectivity index is 1.39. The molecule has 2 aliphatic carbocycles. The number of hydrogen-bond acceptors (Lipinski definition) is 5. The number of nitrogens with one attached hydrogen (secondary N) is 1. The van der Waals surface area contributed by atoms with Crippen molar-refractivity contribution in [2.45, 2.75) is 50.1 Å². The van der Waals surface area contributed by atoms with Crippen molar-refractivity contribution in [2.24, 2.45) is 5.92 Å². The quantitative estimate of drug-likeness (QED) is 0.873. The van der Waals surface area contributed by atoms with Gasteiger partial charge >= 0.3 is 0 Å². The number of aliphatic hydroxyl groups excluding tert-OH is 1. The summed E-state index contributed by atoms with van der Waals surface area (Å²) in [7, 11) is 0. The Morgan fingerprint density at radius 1 is 1.52 bits per heavy atom. The first-order valence-corrected chi connectivity index (χ1v) is 8.53. The molecule has 0 aromatic carbocycles. The molecule has 1 spiro atoms. The van der Waals surface area contributed by atoms with Crippen LogP contribution in [0.3, 0.4) is 0 Å². The molecule has 1 aromatic heterocycles. The zero-order chi connectivity index (χ0) is 15.8. The lowest BCUT2D eigenvalue weighted by Crippen LogP contribution is -2.64. The predicted molar refractivity (Wildman–Crippen MR) is 83.0 cm³/mol. The predicted octanol–water partition coefficient (Wildman–Crippen LogP) is 2.05. The van der Waals surface area contributed by atoms with E-state index < -0.39 is 0 Å². The largest absolute Gasteiger partial charge is 0.512 e. The Bertz CT molecular complexity index is 721. The molecule has 2 aliphatic heterocycles. The van der Waals surface area contributed by atoms with Gasteiger partial charge in [0.2, 0.25) is 0 Å². The zero-order valence-electron chi connectivity index (χ0n) is 13.2. The van der Waals surface area contributed by atoms with Gasteiger partial charge in [-0.3, -0.25) is 9.69 Å². The van der Waals surface area contributed by atoms with E-state index in [1.807, 2.05) is 6.92 Å². The normalized spacial score (nSPS) is 37.8. The number of rotatable bonds is 2. The van der Waals surface area contributed by atoms with E-state index >= 15 is 0 Å². The molecule has 122 valence electrons. The average molecular weight is 315 g/mol. The van der Waals surface area contributed by atoms with Crippen LogP contribution in [0.4, 0.5) is 0 Å². The second-order valence-electron chi connectivity index (χ2n) is 7.57. The zero-order valence-corrected chi connectivity index (χ0v) is 13.2. The van der Waals surface area contributed by atoms with Gasteiger partial charge in [-0.2, -0.15) is 0 Å². The minimum Gasteiger partial charge on any atom is -0.512 e. The fourth-order valence-electron chi connectivity index (χ4n) is 5.10. The molecule has 4 aliphatic rings. The summed E-state index contributed by atoms with van der Waals surface area (Å²) in [5, 5.41) is 17.0. The minimum atomic E-state index is -0.178. The molecule has 2 unspecified atom stereocenters. The molecular formula is C17H21N3O3. The highest BCUT2D eigenvalue weighted by Gasteiger charge is 2.63. The van der Waals surface area contributed by atoms with Gasteiger partial charge in [-0.25, -0.2) is 0 Å². The van der Waals surface area contributed by atoms with Crippen LogP contribution in [0.15, 0.2) is 10.3 Å². The SMILES string of the molecule is CC1CC(O)=Cc2c(C(=O)N[C@@H]3CN4CCC45CC[C@H]35)noc21. The Kier molecular flexibility index (Phi) is 2.59. The Morgan fingerprint density at radius 3 is 3.04 bits per heavy atom. The van der Waals surface area contributed by atoms with Crippen LogP contribution in [-0.2, 0) is 0 Å². The van der Waals surface area contributed by atoms with Gasteiger partial charge < -0.3 is 14.9 Å². The first-order valence-electron chi connectivity index (χ1n) is 8.53. The van der Waals surface area contributed by atoms with E-state index in [2.05, 4.69) is 15.4 Å². The van der Waals surface area contributed by atoms with E-state index in [1.165, 1.54) is 19.3 Å². The number of carbonyl (C=O) groups excluding carboxylic acids is 1. The van der Waals surface area contributed by atoms with E-state index in [0.717, 1.165) is 13.1 Å². The van der Waals surface area contributed by atoms with Crippen molar-refractivity contribution in [3.63, 3.8) is 0 Å². The van der Waals surface area contributed by atoms with Crippen molar-refractivity contribution in [3.05, 3.63) is 22.8 Å². The maximum atomic E-state index is 12.7. The van der Waals surface area contributed by atoms with Crippen molar-refractivity contribution in [2.75, 3.05) is 13.1 Å². The Labute approximate surface area is 134 Å². The smallest absolute Gasteiger partial charge is 0.274 e. The van der Waals surface area contributed by atoms with Gasteiger partial charge in [-0.15, -0.1) is 0 Å².